The van der Waals surface area contributed by atoms with E-state index in [0.29, 0.717) is 0 Å². The van der Waals surface area contributed by atoms with Crippen LogP contribution in [0.4, 0.5) is 26.3 Å². The second kappa shape index (κ2) is 10.1. The number of aryl methyl sites for hydroxylation is 2. The molecule has 0 spiro atoms. The summed E-state index contributed by atoms with van der Waals surface area (Å²) in [6, 6.07) is 0. The van der Waals surface area contributed by atoms with Crippen molar-refractivity contribution in [3.63, 3.8) is 0 Å². The molecular formula is C12H19F6N2O4P. The Hall–Kier alpha value is -1.10. The van der Waals surface area contributed by atoms with Crippen LogP contribution < -0.4 is 9.46 Å². The van der Waals surface area contributed by atoms with E-state index < -0.39 is 33.4 Å². The lowest BCUT2D eigenvalue weighted by molar-refractivity contribution is -0.671. The number of hydrogen-bond acceptors (Lipinski definition) is 4. The molecule has 0 unspecified atom stereocenters. The van der Waals surface area contributed by atoms with Crippen molar-refractivity contribution in [1.29, 1.82) is 0 Å². The molecule has 0 atom stereocenters. The average Bonchev–Trinajstić information content (AvgIpc) is 2.86. The van der Waals surface area contributed by atoms with E-state index in [2.05, 4.69) is 43.8 Å². The van der Waals surface area contributed by atoms with Crippen LogP contribution in [0.5, 0.6) is 0 Å². The van der Waals surface area contributed by atoms with Crippen molar-refractivity contribution in [2.45, 2.75) is 38.7 Å². The second-order valence-electron chi connectivity index (χ2n) is 4.89. The molecule has 25 heavy (non-hydrogen) atoms. The summed E-state index contributed by atoms with van der Waals surface area (Å²) in [7, 11) is -3.53. The number of phosphoric acid groups is 1. The van der Waals surface area contributed by atoms with Crippen LogP contribution in [0, 0.1) is 0 Å². The van der Waals surface area contributed by atoms with Crippen LogP contribution in [0.15, 0.2) is 18.7 Å². The Morgan fingerprint density at radius 2 is 1.60 bits per heavy atom. The molecule has 13 heteroatoms. The van der Waals surface area contributed by atoms with E-state index in [9.17, 15) is 35.8 Å². The summed E-state index contributed by atoms with van der Waals surface area (Å²) in [6.45, 7) is -1.10. The zero-order chi connectivity index (χ0) is 19.7. The maximum Gasteiger partial charge on any atom is 0.412 e. The summed E-state index contributed by atoms with van der Waals surface area (Å²) in [5.74, 6) is 0. The van der Waals surface area contributed by atoms with E-state index in [1.807, 2.05) is 7.05 Å². The molecule has 0 N–H and O–H groups in total. The van der Waals surface area contributed by atoms with Gasteiger partial charge in [0.15, 0.2) is 13.2 Å². The Morgan fingerprint density at radius 1 is 1.12 bits per heavy atom. The number of nitrogens with zero attached hydrogens (tertiary/aromatic N) is 2. The summed E-state index contributed by atoms with van der Waals surface area (Å²) >= 11 is 0. The molecule has 6 nitrogen and oxygen atoms in total. The minimum absolute atomic E-state index is 1.15. The number of hydrogen-bond donors (Lipinski definition) is 0. The van der Waals surface area contributed by atoms with Crippen molar-refractivity contribution in [1.82, 2.24) is 4.57 Å². The third-order valence-corrected chi connectivity index (χ3v) is 3.26. The van der Waals surface area contributed by atoms with Crippen LogP contribution >= 0.6 is 7.82 Å². The molecule has 0 aliphatic carbocycles. The molecule has 0 aliphatic heterocycles. The SMILES string of the molecule is CCCCn1cc[n+](C)c1.O=P([O-])(OCC(F)(F)F)OCC(F)(F)F. The minimum atomic E-state index is -5.58. The molecule has 1 aromatic heterocycles. The Bertz CT molecular complexity index is 524. The van der Waals surface area contributed by atoms with E-state index in [0.717, 1.165) is 6.54 Å². The van der Waals surface area contributed by atoms with Crippen LogP contribution in [0.1, 0.15) is 19.8 Å². The number of unbranched alkanes of at least 4 members (excludes halogenated alkanes) is 1. The van der Waals surface area contributed by atoms with Gasteiger partial charge >= 0.3 is 12.4 Å². The van der Waals surface area contributed by atoms with Crippen molar-refractivity contribution >= 4 is 7.82 Å². The van der Waals surface area contributed by atoms with Crippen molar-refractivity contribution in [3.8, 4) is 0 Å². The average molecular weight is 400 g/mol. The first-order chi connectivity index (χ1) is 11.2. The van der Waals surface area contributed by atoms with Gasteiger partial charge in [0.1, 0.15) is 12.4 Å². The molecule has 0 aliphatic rings. The third-order valence-electron chi connectivity index (χ3n) is 2.37. The maximum atomic E-state index is 11.4. The molecule has 148 valence electrons. The molecule has 1 aromatic rings. The minimum Gasteiger partial charge on any atom is -0.756 e. The van der Waals surface area contributed by atoms with Gasteiger partial charge in [-0.3, -0.25) is 4.57 Å². The van der Waals surface area contributed by atoms with Crippen LogP contribution in [-0.4, -0.2) is 30.1 Å². The van der Waals surface area contributed by atoms with Crippen molar-refractivity contribution in [2.24, 2.45) is 7.05 Å². The molecule has 0 radical (unpaired) electrons. The standard InChI is InChI=1S/C8H15N2.C4H5F6O4P/c1-3-4-5-10-7-6-9(2)8-10;5-3(6,7)1-13-15(11,12)14-2-4(8,9)10/h6-8H,3-5H2,1-2H3;1-2H2,(H,11,12)/q+1;/p-1. The summed E-state index contributed by atoms with van der Waals surface area (Å²) in [5.41, 5.74) is 0. The monoisotopic (exact) mass is 400 g/mol. The van der Waals surface area contributed by atoms with E-state index in [1.165, 1.54) is 12.8 Å². The summed E-state index contributed by atoms with van der Waals surface area (Å²) in [5, 5.41) is 0. The van der Waals surface area contributed by atoms with Gasteiger partial charge in [-0.2, -0.15) is 26.3 Å². The fraction of sp³-hybridized carbons (Fsp3) is 0.750. The molecule has 0 amide bonds. The number of phosphoric ester groups is 1. The molecule has 1 heterocycles. The quantitative estimate of drug-likeness (QED) is 0.401. The highest BCUT2D eigenvalue weighted by molar-refractivity contribution is 7.45. The maximum absolute atomic E-state index is 11.4. The Labute approximate surface area is 140 Å². The Balaban J connectivity index is 0.000000496. The van der Waals surface area contributed by atoms with Crippen LogP contribution in [0.2, 0.25) is 0 Å². The molecule has 0 saturated carbocycles. The number of imidazole rings is 1. The van der Waals surface area contributed by atoms with Crippen molar-refractivity contribution in [2.75, 3.05) is 13.2 Å². The predicted molar refractivity (Wildman–Crippen MR) is 72.1 cm³/mol. The lowest BCUT2D eigenvalue weighted by Crippen LogP contribution is -2.23. The van der Waals surface area contributed by atoms with Crippen molar-refractivity contribution < 1.29 is 49.4 Å². The van der Waals surface area contributed by atoms with E-state index in [4.69, 9.17) is 0 Å². The van der Waals surface area contributed by atoms with Gasteiger partial charge in [-0.05, 0) is 6.42 Å². The van der Waals surface area contributed by atoms with Gasteiger partial charge in [-0.25, -0.2) is 9.13 Å². The highest BCUT2D eigenvalue weighted by Crippen LogP contribution is 2.41. The first kappa shape index (κ1) is 23.9. The van der Waals surface area contributed by atoms with Crippen molar-refractivity contribution in [3.05, 3.63) is 18.7 Å². The van der Waals surface area contributed by atoms with E-state index >= 15 is 0 Å². The van der Waals surface area contributed by atoms with Crippen LogP contribution in [0.3, 0.4) is 0 Å². The molecular weight excluding hydrogens is 381 g/mol. The van der Waals surface area contributed by atoms with Gasteiger partial charge in [0.25, 0.3) is 7.82 Å². The van der Waals surface area contributed by atoms with Crippen LogP contribution in [0.25, 0.3) is 0 Å². The summed E-state index contributed by atoms with van der Waals surface area (Å²) < 4.78 is 89.3. The van der Waals surface area contributed by atoms with Gasteiger partial charge < -0.3 is 13.9 Å². The van der Waals surface area contributed by atoms with Gasteiger partial charge in [0.2, 0.25) is 6.33 Å². The summed E-state index contributed by atoms with van der Waals surface area (Å²) in [6.07, 6.45) is -1.12. The summed E-state index contributed by atoms with van der Waals surface area (Å²) in [4.78, 5) is 10.3. The topological polar surface area (TPSA) is 67.4 Å². The highest BCUT2D eigenvalue weighted by atomic mass is 31.2. The van der Waals surface area contributed by atoms with E-state index in [-0.39, 0.29) is 0 Å². The number of rotatable bonds is 7. The fourth-order valence-corrected chi connectivity index (χ4v) is 2.00. The smallest absolute Gasteiger partial charge is 0.412 e. The van der Waals surface area contributed by atoms with Crippen LogP contribution in [-0.2, 0) is 27.2 Å². The lowest BCUT2D eigenvalue weighted by atomic mass is 10.3. The second-order valence-corrected chi connectivity index (χ2v) is 6.31. The van der Waals surface area contributed by atoms with Gasteiger partial charge in [-0.1, -0.05) is 13.3 Å². The molecule has 0 aromatic carbocycles. The molecule has 0 saturated heterocycles. The molecule has 0 fully saturated rings. The molecule has 1 rings (SSSR count). The predicted octanol–water partition coefficient (Wildman–Crippen LogP) is 2.73. The normalized spacial score (nSPS) is 12.7. The number of alkyl halides is 6. The zero-order valence-electron chi connectivity index (χ0n) is 13.5. The van der Waals surface area contributed by atoms with E-state index in [1.54, 1.807) is 0 Å². The third kappa shape index (κ3) is 14.9. The fourth-order valence-electron chi connectivity index (χ4n) is 1.32. The van der Waals surface area contributed by atoms with Gasteiger partial charge in [0.05, 0.1) is 13.6 Å². The number of halogens is 6. The lowest BCUT2D eigenvalue weighted by Gasteiger charge is -2.23. The molecule has 0 bridgehead atoms. The van der Waals surface area contributed by atoms with Gasteiger partial charge in [0, 0.05) is 0 Å². The Kier molecular flexibility index (Phi) is 9.70. The zero-order valence-corrected chi connectivity index (χ0v) is 14.4. The Morgan fingerprint density at radius 3 is 1.92 bits per heavy atom. The first-order valence-corrected chi connectivity index (χ1v) is 8.45. The highest BCUT2D eigenvalue weighted by Gasteiger charge is 2.33. The number of aromatic nitrogens is 2. The first-order valence-electron chi connectivity index (χ1n) is 6.99. The largest absolute Gasteiger partial charge is 0.756 e. The van der Waals surface area contributed by atoms with Gasteiger partial charge in [-0.15, -0.1) is 0 Å².